The average molecular weight is 407 g/mol. The second-order valence-corrected chi connectivity index (χ2v) is 6.63. The first-order chi connectivity index (χ1) is 13.9. The fraction of sp³-hybridized carbons (Fsp3) is 0.550. The Balaban J connectivity index is 0.00000132. The van der Waals surface area contributed by atoms with Gasteiger partial charge in [0.1, 0.15) is 11.3 Å². The summed E-state index contributed by atoms with van der Waals surface area (Å²) in [5.74, 6) is -1.77. The van der Waals surface area contributed by atoms with Gasteiger partial charge in [0.05, 0.1) is 11.9 Å². The van der Waals surface area contributed by atoms with Gasteiger partial charge in [-0.25, -0.2) is 4.79 Å². The van der Waals surface area contributed by atoms with E-state index in [-0.39, 0.29) is 17.2 Å². The molecule has 9 heteroatoms. The Kier molecular flexibility index (Phi) is 10.8. The third-order valence-electron chi connectivity index (χ3n) is 4.33. The van der Waals surface area contributed by atoms with Crippen LogP contribution in [0.2, 0.25) is 0 Å². The SMILES string of the molecule is CCC.CCC(CC)C(=O)OCOC(=O)c1cccc2c1OB(O)C(NC=O)C2. The van der Waals surface area contributed by atoms with Crippen LogP contribution in [0.15, 0.2) is 18.2 Å². The van der Waals surface area contributed by atoms with Gasteiger partial charge in [0.15, 0.2) is 0 Å². The van der Waals surface area contributed by atoms with E-state index in [0.29, 0.717) is 31.2 Å². The van der Waals surface area contributed by atoms with Gasteiger partial charge >= 0.3 is 19.1 Å². The van der Waals surface area contributed by atoms with Gasteiger partial charge in [-0.3, -0.25) is 9.59 Å². The van der Waals surface area contributed by atoms with Crippen molar-refractivity contribution in [3.63, 3.8) is 0 Å². The van der Waals surface area contributed by atoms with Gasteiger partial charge in [0.2, 0.25) is 13.2 Å². The zero-order valence-electron chi connectivity index (χ0n) is 17.5. The maximum absolute atomic E-state index is 12.3. The Hall–Kier alpha value is -2.55. The highest BCUT2D eigenvalue weighted by Gasteiger charge is 2.36. The van der Waals surface area contributed by atoms with E-state index in [2.05, 4.69) is 19.2 Å². The average Bonchev–Trinajstić information content (AvgIpc) is 2.70. The third-order valence-corrected chi connectivity index (χ3v) is 4.33. The van der Waals surface area contributed by atoms with Crippen molar-refractivity contribution in [3.05, 3.63) is 29.3 Å². The molecule has 29 heavy (non-hydrogen) atoms. The molecule has 8 nitrogen and oxygen atoms in total. The molecule has 1 amide bonds. The van der Waals surface area contributed by atoms with E-state index in [9.17, 15) is 19.4 Å². The highest BCUT2D eigenvalue weighted by atomic mass is 16.7. The minimum absolute atomic E-state index is 0.115. The van der Waals surface area contributed by atoms with Gasteiger partial charge in [-0.1, -0.05) is 46.2 Å². The number of ether oxygens (including phenoxy) is 2. The molecule has 2 rings (SSSR count). The number of esters is 2. The van der Waals surface area contributed by atoms with Crippen molar-refractivity contribution < 1.29 is 33.5 Å². The Morgan fingerprint density at radius 1 is 1.28 bits per heavy atom. The van der Waals surface area contributed by atoms with Crippen molar-refractivity contribution in [2.24, 2.45) is 5.92 Å². The first-order valence-electron chi connectivity index (χ1n) is 9.93. The van der Waals surface area contributed by atoms with E-state index in [1.54, 1.807) is 12.1 Å². The van der Waals surface area contributed by atoms with Gasteiger partial charge in [0.25, 0.3) is 0 Å². The molecule has 0 bridgehead atoms. The number of carbonyl (C=O) groups is 3. The highest BCUT2D eigenvalue weighted by Crippen LogP contribution is 2.30. The first-order valence-corrected chi connectivity index (χ1v) is 9.93. The molecule has 1 aliphatic rings. The lowest BCUT2D eigenvalue weighted by molar-refractivity contribution is -0.157. The first kappa shape index (κ1) is 24.5. The third kappa shape index (κ3) is 7.09. The number of benzene rings is 1. The molecule has 0 saturated carbocycles. The van der Waals surface area contributed by atoms with Crippen LogP contribution in [0.3, 0.4) is 0 Å². The van der Waals surface area contributed by atoms with Crippen LogP contribution in [0, 0.1) is 5.92 Å². The van der Waals surface area contributed by atoms with Gasteiger partial charge in [-0.2, -0.15) is 0 Å². The number of para-hydroxylation sites is 1. The summed E-state index contributed by atoms with van der Waals surface area (Å²) in [5.41, 5.74) is 0.766. The van der Waals surface area contributed by atoms with Crippen LogP contribution in [-0.2, 0) is 25.5 Å². The summed E-state index contributed by atoms with van der Waals surface area (Å²) in [6.45, 7) is 7.52. The predicted molar refractivity (Wildman–Crippen MR) is 108 cm³/mol. The van der Waals surface area contributed by atoms with Crippen molar-refractivity contribution in [3.8, 4) is 5.75 Å². The summed E-state index contributed by atoms with van der Waals surface area (Å²) in [7, 11) is -1.28. The second kappa shape index (κ2) is 12.8. The molecule has 1 atom stereocenters. The van der Waals surface area contributed by atoms with Crippen molar-refractivity contribution >= 4 is 25.5 Å². The molecule has 1 aromatic carbocycles. The zero-order valence-corrected chi connectivity index (χ0v) is 17.5. The molecule has 0 radical (unpaired) electrons. The zero-order chi connectivity index (χ0) is 21.8. The van der Waals surface area contributed by atoms with E-state index in [1.807, 2.05) is 13.8 Å². The number of fused-ring (bicyclic) bond motifs is 1. The monoisotopic (exact) mass is 407 g/mol. The van der Waals surface area contributed by atoms with Crippen LogP contribution in [0.4, 0.5) is 0 Å². The number of hydrogen-bond donors (Lipinski definition) is 2. The topological polar surface area (TPSA) is 111 Å². The molecule has 0 fully saturated rings. The van der Waals surface area contributed by atoms with Crippen molar-refractivity contribution in [2.45, 2.75) is 59.3 Å². The summed E-state index contributed by atoms with van der Waals surface area (Å²) in [6, 6.07) is 4.86. The van der Waals surface area contributed by atoms with Crippen molar-refractivity contribution in [1.82, 2.24) is 5.32 Å². The molecule has 1 aromatic rings. The molecule has 1 heterocycles. The summed E-state index contributed by atoms with van der Waals surface area (Å²) in [6.07, 6.45) is 3.34. The summed E-state index contributed by atoms with van der Waals surface area (Å²) >= 11 is 0. The van der Waals surface area contributed by atoms with E-state index < -0.39 is 31.8 Å². The number of nitrogens with one attached hydrogen (secondary N) is 1. The van der Waals surface area contributed by atoms with Gasteiger partial charge in [-0.15, -0.1) is 0 Å². The number of amides is 1. The second-order valence-electron chi connectivity index (χ2n) is 6.63. The molecule has 0 spiro atoms. The van der Waals surface area contributed by atoms with Crippen molar-refractivity contribution in [1.29, 1.82) is 0 Å². The Morgan fingerprint density at radius 2 is 1.93 bits per heavy atom. The van der Waals surface area contributed by atoms with Crippen LogP contribution >= 0.6 is 0 Å². The van der Waals surface area contributed by atoms with Gasteiger partial charge in [0, 0.05) is 0 Å². The molecule has 0 saturated heterocycles. The maximum atomic E-state index is 12.3. The van der Waals surface area contributed by atoms with Crippen molar-refractivity contribution in [2.75, 3.05) is 6.79 Å². The van der Waals surface area contributed by atoms with E-state index >= 15 is 0 Å². The highest BCUT2D eigenvalue weighted by molar-refractivity contribution is 6.46. The molecular formula is C20H30BNO7. The van der Waals surface area contributed by atoms with Gasteiger partial charge in [-0.05, 0) is 30.9 Å². The standard InChI is InChI=1S/C17H22BNO7.C3H8/c1-3-11(4-2)16(21)24-10-25-17(22)13-7-5-6-12-8-14(19-9-20)18(23)26-15(12)13;1-3-2/h5-7,9,11,14,23H,3-4,8,10H2,1-2H3,(H,19,20);3H2,1-2H3. The lowest BCUT2D eigenvalue weighted by Gasteiger charge is -2.28. The van der Waals surface area contributed by atoms with E-state index in [0.717, 1.165) is 0 Å². The van der Waals surface area contributed by atoms with Crippen LogP contribution < -0.4 is 9.97 Å². The lowest BCUT2D eigenvalue weighted by atomic mass is 9.72. The van der Waals surface area contributed by atoms with Gasteiger partial charge < -0.3 is 24.5 Å². The van der Waals surface area contributed by atoms with E-state index in [1.165, 1.54) is 12.5 Å². The summed E-state index contributed by atoms with van der Waals surface area (Å²) in [4.78, 5) is 34.6. The number of hydrogen-bond acceptors (Lipinski definition) is 7. The molecule has 0 aliphatic carbocycles. The molecular weight excluding hydrogens is 377 g/mol. The van der Waals surface area contributed by atoms with Crippen LogP contribution in [0.25, 0.3) is 0 Å². The smallest absolute Gasteiger partial charge is 0.534 e. The fourth-order valence-electron chi connectivity index (χ4n) is 2.77. The summed E-state index contributed by atoms with van der Waals surface area (Å²) < 4.78 is 15.3. The lowest BCUT2D eigenvalue weighted by Crippen LogP contribution is -2.50. The Bertz CT molecular complexity index is 679. The Labute approximate surface area is 172 Å². The number of rotatable bonds is 8. The van der Waals surface area contributed by atoms with E-state index in [4.69, 9.17) is 14.1 Å². The maximum Gasteiger partial charge on any atom is 0.547 e. The molecule has 1 unspecified atom stereocenters. The number of carbonyl (C=O) groups excluding carboxylic acids is 3. The summed E-state index contributed by atoms with van der Waals surface area (Å²) in [5, 5.41) is 12.4. The minimum atomic E-state index is -1.28. The van der Waals surface area contributed by atoms with Crippen LogP contribution in [0.5, 0.6) is 5.75 Å². The van der Waals surface area contributed by atoms with Crippen LogP contribution in [-0.4, -0.2) is 43.2 Å². The molecule has 0 aromatic heterocycles. The fourth-order valence-corrected chi connectivity index (χ4v) is 2.77. The molecule has 1 aliphatic heterocycles. The Morgan fingerprint density at radius 3 is 2.52 bits per heavy atom. The quantitative estimate of drug-likeness (QED) is 0.294. The molecule has 2 N–H and O–H groups in total. The molecule has 160 valence electrons. The minimum Gasteiger partial charge on any atom is -0.534 e. The normalized spacial score (nSPS) is 14.7. The van der Waals surface area contributed by atoms with Crippen LogP contribution in [0.1, 0.15) is 62.9 Å². The predicted octanol–water partition coefficient (Wildman–Crippen LogP) is 2.27. The largest absolute Gasteiger partial charge is 0.547 e.